The zero-order valence-corrected chi connectivity index (χ0v) is 14.8. The minimum absolute atomic E-state index is 0.0712. The van der Waals surface area contributed by atoms with Gasteiger partial charge >= 0.3 is 0 Å². The van der Waals surface area contributed by atoms with Crippen LogP contribution in [0.3, 0.4) is 0 Å². The number of thioether (sulfide) groups is 1. The highest BCUT2D eigenvalue weighted by molar-refractivity contribution is 9.10. The summed E-state index contributed by atoms with van der Waals surface area (Å²) in [5.74, 6) is 0.737. The molecule has 1 heterocycles. The number of aryl methyl sites for hydroxylation is 1. The molecule has 1 amide bonds. The van der Waals surface area contributed by atoms with Gasteiger partial charge in [-0.2, -0.15) is 0 Å². The lowest BCUT2D eigenvalue weighted by molar-refractivity contribution is -0.115. The van der Waals surface area contributed by atoms with E-state index in [9.17, 15) is 4.79 Å². The monoisotopic (exact) mass is 380 g/mol. The molecule has 5 nitrogen and oxygen atoms in total. The third-order valence-corrected chi connectivity index (χ3v) is 4.59. The molecular formula is C15H17BrN4OS. The van der Waals surface area contributed by atoms with Crippen LogP contribution >= 0.6 is 27.7 Å². The Morgan fingerprint density at radius 3 is 2.77 bits per heavy atom. The summed E-state index contributed by atoms with van der Waals surface area (Å²) in [4.78, 5) is 12.3. The van der Waals surface area contributed by atoms with Crippen LogP contribution in [0.2, 0.25) is 0 Å². The van der Waals surface area contributed by atoms with Gasteiger partial charge in [-0.05, 0) is 38.1 Å². The van der Waals surface area contributed by atoms with Gasteiger partial charge in [-0.3, -0.25) is 4.79 Å². The van der Waals surface area contributed by atoms with E-state index in [1.54, 1.807) is 6.08 Å². The SMILES string of the molecule is C=CCn1c(C)nnc1S[C@@H](C)C(=O)Nc1ccc(Br)cc1. The van der Waals surface area contributed by atoms with Gasteiger partial charge in [-0.1, -0.05) is 33.8 Å². The molecule has 0 unspecified atom stereocenters. The number of carbonyl (C=O) groups is 1. The maximum Gasteiger partial charge on any atom is 0.237 e. The molecule has 22 heavy (non-hydrogen) atoms. The topological polar surface area (TPSA) is 59.8 Å². The Morgan fingerprint density at radius 1 is 1.45 bits per heavy atom. The second kappa shape index (κ2) is 7.60. The number of amides is 1. The molecule has 1 aromatic carbocycles. The molecule has 0 aliphatic carbocycles. The van der Waals surface area contributed by atoms with Crippen molar-refractivity contribution in [3.05, 3.63) is 47.2 Å². The average molecular weight is 381 g/mol. The van der Waals surface area contributed by atoms with Gasteiger partial charge in [-0.15, -0.1) is 16.8 Å². The highest BCUT2D eigenvalue weighted by Crippen LogP contribution is 2.23. The molecule has 0 spiro atoms. The minimum atomic E-state index is -0.282. The van der Waals surface area contributed by atoms with Gasteiger partial charge in [0.25, 0.3) is 0 Å². The second-order valence-corrected chi connectivity index (χ2v) is 6.91. The third-order valence-electron chi connectivity index (χ3n) is 2.98. The molecule has 2 rings (SSSR count). The van der Waals surface area contributed by atoms with Crippen molar-refractivity contribution in [2.45, 2.75) is 30.8 Å². The highest BCUT2D eigenvalue weighted by Gasteiger charge is 2.18. The van der Waals surface area contributed by atoms with Crippen molar-refractivity contribution >= 4 is 39.3 Å². The van der Waals surface area contributed by atoms with E-state index in [-0.39, 0.29) is 11.2 Å². The number of rotatable bonds is 6. The summed E-state index contributed by atoms with van der Waals surface area (Å²) in [5.41, 5.74) is 0.768. The van der Waals surface area contributed by atoms with Crippen LogP contribution in [0.1, 0.15) is 12.7 Å². The van der Waals surface area contributed by atoms with Crippen molar-refractivity contribution in [3.63, 3.8) is 0 Å². The summed E-state index contributed by atoms with van der Waals surface area (Å²) in [5, 5.41) is 11.5. The molecule has 0 fully saturated rings. The Bertz CT molecular complexity index is 669. The number of halogens is 1. The molecule has 0 saturated heterocycles. The number of hydrogen-bond donors (Lipinski definition) is 1. The van der Waals surface area contributed by atoms with E-state index in [4.69, 9.17) is 0 Å². The van der Waals surface area contributed by atoms with Crippen molar-refractivity contribution < 1.29 is 4.79 Å². The van der Waals surface area contributed by atoms with Gasteiger partial charge in [-0.25, -0.2) is 0 Å². The van der Waals surface area contributed by atoms with Crippen LogP contribution < -0.4 is 5.32 Å². The summed E-state index contributed by atoms with van der Waals surface area (Å²) >= 11 is 4.75. The number of carbonyl (C=O) groups excluding carboxylic acids is 1. The molecule has 2 aromatic rings. The van der Waals surface area contributed by atoms with E-state index < -0.39 is 0 Å². The Balaban J connectivity index is 2.02. The smallest absolute Gasteiger partial charge is 0.237 e. The summed E-state index contributed by atoms with van der Waals surface area (Å²) in [6, 6.07) is 7.47. The highest BCUT2D eigenvalue weighted by atomic mass is 79.9. The number of hydrogen-bond acceptors (Lipinski definition) is 4. The van der Waals surface area contributed by atoms with Crippen molar-refractivity contribution in [2.24, 2.45) is 0 Å². The first kappa shape index (κ1) is 16.8. The molecule has 1 aromatic heterocycles. The maximum absolute atomic E-state index is 12.3. The van der Waals surface area contributed by atoms with Crippen LogP contribution in [-0.4, -0.2) is 25.9 Å². The number of anilines is 1. The first-order valence-electron chi connectivity index (χ1n) is 6.75. The molecule has 0 aliphatic heterocycles. The number of aromatic nitrogens is 3. The predicted molar refractivity (Wildman–Crippen MR) is 93.0 cm³/mol. The molecule has 0 saturated carbocycles. The zero-order chi connectivity index (χ0) is 16.1. The lowest BCUT2D eigenvalue weighted by Crippen LogP contribution is -2.22. The minimum Gasteiger partial charge on any atom is -0.325 e. The fraction of sp³-hybridized carbons (Fsp3) is 0.267. The second-order valence-electron chi connectivity index (χ2n) is 4.69. The van der Waals surface area contributed by atoms with Crippen LogP contribution in [0.15, 0.2) is 46.5 Å². The fourth-order valence-electron chi connectivity index (χ4n) is 1.78. The van der Waals surface area contributed by atoms with E-state index in [1.807, 2.05) is 42.7 Å². The molecule has 0 bridgehead atoms. The number of allylic oxidation sites excluding steroid dienone is 1. The van der Waals surface area contributed by atoms with Crippen molar-refractivity contribution in [3.8, 4) is 0 Å². The van der Waals surface area contributed by atoms with Gasteiger partial charge in [0.1, 0.15) is 5.82 Å². The number of benzene rings is 1. The van der Waals surface area contributed by atoms with E-state index in [1.165, 1.54) is 11.8 Å². The van der Waals surface area contributed by atoms with Crippen LogP contribution in [0, 0.1) is 6.92 Å². The van der Waals surface area contributed by atoms with Crippen molar-refractivity contribution in [1.29, 1.82) is 0 Å². The molecule has 1 atom stereocenters. The normalized spacial score (nSPS) is 12.0. The summed E-state index contributed by atoms with van der Waals surface area (Å²) < 4.78 is 2.90. The van der Waals surface area contributed by atoms with E-state index >= 15 is 0 Å². The first-order valence-corrected chi connectivity index (χ1v) is 8.42. The fourth-order valence-corrected chi connectivity index (χ4v) is 2.95. The van der Waals surface area contributed by atoms with Gasteiger partial charge in [0, 0.05) is 16.7 Å². The molecule has 1 N–H and O–H groups in total. The lowest BCUT2D eigenvalue weighted by Gasteiger charge is -2.12. The van der Waals surface area contributed by atoms with Gasteiger partial charge < -0.3 is 9.88 Å². The molecule has 0 radical (unpaired) electrons. The number of nitrogens with zero attached hydrogens (tertiary/aromatic N) is 3. The largest absolute Gasteiger partial charge is 0.325 e. The van der Waals surface area contributed by atoms with Crippen LogP contribution in [-0.2, 0) is 11.3 Å². The first-order chi connectivity index (χ1) is 10.5. The van der Waals surface area contributed by atoms with Crippen LogP contribution in [0.4, 0.5) is 5.69 Å². The van der Waals surface area contributed by atoms with E-state index in [0.717, 1.165) is 21.1 Å². The standard InChI is InChI=1S/C15H17BrN4OS/c1-4-9-20-11(3)18-19-15(20)22-10(2)14(21)17-13-7-5-12(16)6-8-13/h4-8,10H,1,9H2,2-3H3,(H,17,21)/t10-/m0/s1. The Labute approximate surface area is 142 Å². The quantitative estimate of drug-likeness (QED) is 0.613. The summed E-state index contributed by atoms with van der Waals surface area (Å²) in [6.07, 6.45) is 1.78. The Kier molecular flexibility index (Phi) is 5.79. The third kappa shape index (κ3) is 4.20. The Morgan fingerprint density at radius 2 is 2.14 bits per heavy atom. The predicted octanol–water partition coefficient (Wildman–Crippen LogP) is 3.65. The van der Waals surface area contributed by atoms with E-state index in [0.29, 0.717) is 6.54 Å². The van der Waals surface area contributed by atoms with Crippen LogP contribution in [0.25, 0.3) is 0 Å². The number of nitrogens with one attached hydrogen (secondary N) is 1. The Hall–Kier alpha value is -1.60. The van der Waals surface area contributed by atoms with Crippen molar-refractivity contribution in [2.75, 3.05) is 5.32 Å². The molecule has 0 aliphatic rings. The van der Waals surface area contributed by atoms with Crippen LogP contribution in [0.5, 0.6) is 0 Å². The van der Waals surface area contributed by atoms with Crippen molar-refractivity contribution in [1.82, 2.24) is 14.8 Å². The van der Waals surface area contributed by atoms with Gasteiger partial charge in [0.15, 0.2) is 5.16 Å². The molecule has 7 heteroatoms. The maximum atomic E-state index is 12.3. The van der Waals surface area contributed by atoms with Gasteiger partial charge in [0.05, 0.1) is 5.25 Å². The average Bonchev–Trinajstić information content (AvgIpc) is 2.83. The molecular weight excluding hydrogens is 364 g/mol. The summed E-state index contributed by atoms with van der Waals surface area (Å²) in [7, 11) is 0. The molecule has 116 valence electrons. The van der Waals surface area contributed by atoms with E-state index in [2.05, 4.69) is 38.0 Å². The van der Waals surface area contributed by atoms with Gasteiger partial charge in [0.2, 0.25) is 5.91 Å². The lowest BCUT2D eigenvalue weighted by atomic mass is 10.3. The summed E-state index contributed by atoms with van der Waals surface area (Å²) in [6.45, 7) is 8.08. The zero-order valence-electron chi connectivity index (χ0n) is 12.4.